The van der Waals surface area contributed by atoms with Crippen molar-refractivity contribution in [3.63, 3.8) is 0 Å². The molecule has 8 nitrogen and oxygen atoms in total. The number of hydrogen-bond acceptors (Lipinski definition) is 7. The van der Waals surface area contributed by atoms with Gasteiger partial charge in [-0.25, -0.2) is 17.5 Å². The third kappa shape index (κ3) is 7.06. The van der Waals surface area contributed by atoms with Crippen LogP contribution in [0.3, 0.4) is 0 Å². The summed E-state index contributed by atoms with van der Waals surface area (Å²) in [7, 11) is -1.33. The smallest absolute Gasteiger partial charge is 0.343 e. The first-order chi connectivity index (χ1) is 18.6. The Labute approximate surface area is 236 Å². The van der Waals surface area contributed by atoms with Gasteiger partial charge in [-0.05, 0) is 73.1 Å². The highest BCUT2D eigenvalue weighted by Gasteiger charge is 2.45. The van der Waals surface area contributed by atoms with E-state index in [2.05, 4.69) is 4.90 Å². The van der Waals surface area contributed by atoms with Gasteiger partial charge in [0.25, 0.3) is 0 Å². The molecular formula is C29H39ClN2O6S. The number of rotatable bonds is 1. The number of halogens is 1. The molecule has 2 aromatic carbocycles. The van der Waals surface area contributed by atoms with Crippen LogP contribution >= 0.6 is 11.6 Å². The Bertz CT molecular complexity index is 1270. The van der Waals surface area contributed by atoms with Gasteiger partial charge in [0.1, 0.15) is 18.1 Å². The van der Waals surface area contributed by atoms with Crippen molar-refractivity contribution < 1.29 is 27.8 Å². The number of esters is 1. The highest BCUT2D eigenvalue weighted by atomic mass is 35.5. The maximum Gasteiger partial charge on any atom is 0.343 e. The molecule has 4 rings (SSSR count). The molecular weight excluding hydrogens is 540 g/mol. The Kier molecular flexibility index (Phi) is 9.80. The zero-order chi connectivity index (χ0) is 28.0. The van der Waals surface area contributed by atoms with Gasteiger partial charge >= 0.3 is 5.97 Å². The highest BCUT2D eigenvalue weighted by molar-refractivity contribution is 7.89. The van der Waals surface area contributed by atoms with E-state index in [9.17, 15) is 18.3 Å². The van der Waals surface area contributed by atoms with Gasteiger partial charge in [-0.2, -0.15) is 0 Å². The third-order valence-corrected chi connectivity index (χ3v) is 9.89. The van der Waals surface area contributed by atoms with Crippen molar-refractivity contribution in [2.45, 2.75) is 63.6 Å². The summed E-state index contributed by atoms with van der Waals surface area (Å²) >= 11 is 6.27. The lowest BCUT2D eigenvalue weighted by Crippen LogP contribution is -2.47. The standard InChI is InChI=1S/C29H39ClN2O6S/c1-31-15-7-4-3-5-8-16-32-17-9-6-10-22-18-25(30)13-11-23(22)20-38-27-14-12-24(19-26(27)32)29(34,28(33)37-2)21-39(31,35)36/h11-14,18-19,34H,3-10,15-17,20-21H2,1-2H3/t29-/m1/s1. The second kappa shape index (κ2) is 12.9. The monoisotopic (exact) mass is 578 g/mol. The summed E-state index contributed by atoms with van der Waals surface area (Å²) in [5.74, 6) is -1.21. The van der Waals surface area contributed by atoms with Crippen molar-refractivity contribution in [3.05, 3.63) is 58.1 Å². The molecule has 0 amide bonds. The van der Waals surface area contributed by atoms with E-state index in [-0.39, 0.29) is 5.56 Å². The van der Waals surface area contributed by atoms with Crippen molar-refractivity contribution >= 4 is 33.3 Å². The fraction of sp³-hybridized carbons (Fsp3) is 0.552. The van der Waals surface area contributed by atoms with Gasteiger partial charge in [0, 0.05) is 31.7 Å². The topological polar surface area (TPSA) is 96.4 Å². The van der Waals surface area contributed by atoms with Crippen molar-refractivity contribution in [2.24, 2.45) is 0 Å². The van der Waals surface area contributed by atoms with E-state index in [0.29, 0.717) is 30.3 Å². The van der Waals surface area contributed by atoms with E-state index in [1.807, 2.05) is 18.2 Å². The fourth-order valence-corrected chi connectivity index (χ4v) is 6.98. The van der Waals surface area contributed by atoms with E-state index < -0.39 is 27.3 Å². The molecule has 0 saturated carbocycles. The van der Waals surface area contributed by atoms with Crippen LogP contribution in [-0.2, 0) is 38.2 Å². The zero-order valence-corrected chi connectivity index (χ0v) is 24.4. The SMILES string of the molecule is COC(=O)[C@@]1(O)CS(=O)(=O)N(C)CCCCCCCN2CCCCc3cc(Cl)ccc3COc3ccc1cc32. The van der Waals surface area contributed by atoms with Crippen LogP contribution in [-0.4, -0.2) is 63.3 Å². The summed E-state index contributed by atoms with van der Waals surface area (Å²) in [6, 6.07) is 10.8. The molecule has 2 aliphatic rings. The first kappa shape index (κ1) is 29.6. The Balaban J connectivity index is 1.80. The molecule has 39 heavy (non-hydrogen) atoms. The molecule has 0 unspecified atom stereocenters. The van der Waals surface area contributed by atoms with Gasteiger partial charge in [0.15, 0.2) is 0 Å². The van der Waals surface area contributed by atoms with Crippen LogP contribution in [0, 0.1) is 0 Å². The second-order valence-electron chi connectivity index (χ2n) is 10.5. The number of benzene rings is 2. The number of ether oxygens (including phenoxy) is 2. The van der Waals surface area contributed by atoms with Gasteiger partial charge in [0.05, 0.1) is 12.8 Å². The van der Waals surface area contributed by atoms with E-state index in [1.165, 1.54) is 11.4 Å². The molecule has 2 heterocycles. The van der Waals surface area contributed by atoms with Crippen molar-refractivity contribution in [1.29, 1.82) is 0 Å². The van der Waals surface area contributed by atoms with Crippen LogP contribution in [0.4, 0.5) is 5.69 Å². The summed E-state index contributed by atoms with van der Waals surface area (Å²) in [5, 5.41) is 12.4. The van der Waals surface area contributed by atoms with Crippen LogP contribution in [0.25, 0.3) is 0 Å². The molecule has 0 aromatic heterocycles. The fourth-order valence-electron chi connectivity index (χ4n) is 5.35. The molecule has 1 atom stereocenters. The number of methoxy groups -OCH3 is 1. The number of fused-ring (bicyclic) bond motifs is 2. The molecule has 0 saturated heterocycles. The van der Waals surface area contributed by atoms with E-state index in [0.717, 1.165) is 82.0 Å². The summed E-state index contributed by atoms with van der Waals surface area (Å²) in [5.41, 5.74) is 0.737. The number of anilines is 1. The first-order valence-electron chi connectivity index (χ1n) is 13.7. The van der Waals surface area contributed by atoms with Crippen molar-refractivity contribution in [2.75, 3.05) is 44.4 Å². The summed E-state index contributed by atoms with van der Waals surface area (Å²) < 4.78 is 39.0. The predicted molar refractivity (Wildman–Crippen MR) is 153 cm³/mol. The maximum atomic E-state index is 13.2. The summed E-state index contributed by atoms with van der Waals surface area (Å²) in [6.45, 7) is 2.21. The molecule has 10 heteroatoms. The molecule has 0 fully saturated rings. The molecule has 0 radical (unpaired) electrons. The lowest BCUT2D eigenvalue weighted by Gasteiger charge is -2.31. The average Bonchev–Trinajstić information content (AvgIpc) is 2.94. The van der Waals surface area contributed by atoms with Crippen LogP contribution < -0.4 is 9.64 Å². The molecule has 1 N–H and O–H groups in total. The normalized spacial score (nSPS) is 23.2. The Morgan fingerprint density at radius 1 is 0.974 bits per heavy atom. The molecule has 2 bridgehead atoms. The number of hydrogen-bond donors (Lipinski definition) is 1. The minimum absolute atomic E-state index is 0.163. The lowest BCUT2D eigenvalue weighted by atomic mass is 9.94. The third-order valence-electron chi connectivity index (χ3n) is 7.74. The van der Waals surface area contributed by atoms with Crippen LogP contribution in [0.15, 0.2) is 36.4 Å². The number of carbonyl (C=O) groups excluding carboxylic acids is 1. The minimum atomic E-state index is -3.97. The zero-order valence-electron chi connectivity index (χ0n) is 22.8. The summed E-state index contributed by atoms with van der Waals surface area (Å²) in [4.78, 5) is 15.2. The number of carbonyl (C=O) groups is 1. The first-order valence-corrected chi connectivity index (χ1v) is 15.7. The number of aryl methyl sites for hydroxylation is 1. The van der Waals surface area contributed by atoms with E-state index >= 15 is 0 Å². The van der Waals surface area contributed by atoms with Crippen LogP contribution in [0.1, 0.15) is 61.6 Å². The minimum Gasteiger partial charge on any atom is -0.487 e. The van der Waals surface area contributed by atoms with Crippen molar-refractivity contribution in [3.8, 4) is 5.75 Å². The molecule has 2 aromatic rings. The van der Waals surface area contributed by atoms with Gasteiger partial charge in [-0.15, -0.1) is 0 Å². The van der Waals surface area contributed by atoms with Gasteiger partial charge in [-0.1, -0.05) is 43.0 Å². The maximum absolute atomic E-state index is 13.2. The number of aliphatic hydroxyl groups is 1. The number of nitrogens with zero attached hydrogens (tertiary/aromatic N) is 2. The quantitative estimate of drug-likeness (QED) is 0.492. The average molecular weight is 579 g/mol. The van der Waals surface area contributed by atoms with Gasteiger partial charge in [0.2, 0.25) is 15.6 Å². The van der Waals surface area contributed by atoms with E-state index in [1.54, 1.807) is 18.2 Å². The molecule has 0 spiro atoms. The van der Waals surface area contributed by atoms with Gasteiger partial charge < -0.3 is 19.5 Å². The second-order valence-corrected chi connectivity index (χ2v) is 13.0. The Morgan fingerprint density at radius 3 is 2.41 bits per heavy atom. The summed E-state index contributed by atoms with van der Waals surface area (Å²) in [6.07, 6.45) is 7.41. The number of sulfonamides is 1. The molecule has 214 valence electrons. The van der Waals surface area contributed by atoms with E-state index in [4.69, 9.17) is 21.1 Å². The van der Waals surface area contributed by atoms with Crippen molar-refractivity contribution in [1.82, 2.24) is 4.31 Å². The molecule has 0 aliphatic carbocycles. The molecule has 2 aliphatic heterocycles. The lowest BCUT2D eigenvalue weighted by molar-refractivity contribution is -0.161. The largest absolute Gasteiger partial charge is 0.487 e. The Hall–Kier alpha value is -2.33. The van der Waals surface area contributed by atoms with Crippen LogP contribution in [0.2, 0.25) is 5.02 Å². The van der Waals surface area contributed by atoms with Gasteiger partial charge in [-0.3, -0.25) is 0 Å². The highest BCUT2D eigenvalue weighted by Crippen LogP contribution is 2.37. The Morgan fingerprint density at radius 2 is 1.67 bits per heavy atom. The predicted octanol–water partition coefficient (Wildman–Crippen LogP) is 4.65. The van der Waals surface area contributed by atoms with Crippen LogP contribution in [0.5, 0.6) is 5.75 Å².